The molecule has 0 spiro atoms. The smallest absolute Gasteiger partial charge is 0.123 e. The summed E-state index contributed by atoms with van der Waals surface area (Å²) in [7, 11) is 0. The predicted octanol–water partition coefficient (Wildman–Crippen LogP) is 14.6. The van der Waals surface area contributed by atoms with E-state index in [1.807, 2.05) is 30.3 Å². The first kappa shape index (κ1) is 32.2. The third kappa shape index (κ3) is 6.28. The molecule has 0 amide bonds. The molecular formula is C48H34FN3S. The molecular weight excluding hydrogens is 670 g/mol. The number of anilines is 9. The van der Waals surface area contributed by atoms with Crippen LogP contribution in [0.4, 0.5) is 55.6 Å². The summed E-state index contributed by atoms with van der Waals surface area (Å²) < 4.78 is 16.6. The van der Waals surface area contributed by atoms with Crippen molar-refractivity contribution in [2.45, 2.75) is 0 Å². The highest BCUT2D eigenvalue weighted by molar-refractivity contribution is 7.26. The fourth-order valence-corrected chi connectivity index (χ4v) is 8.24. The van der Waals surface area contributed by atoms with Crippen LogP contribution in [0.1, 0.15) is 0 Å². The summed E-state index contributed by atoms with van der Waals surface area (Å²) in [6.45, 7) is 0. The van der Waals surface area contributed by atoms with Crippen molar-refractivity contribution in [1.82, 2.24) is 0 Å². The summed E-state index contributed by atoms with van der Waals surface area (Å²) in [5.41, 5.74) is 9.25. The van der Waals surface area contributed by atoms with E-state index in [1.165, 1.54) is 22.2 Å². The minimum atomic E-state index is -0.266. The Kier molecular flexibility index (Phi) is 8.60. The molecule has 0 saturated heterocycles. The largest absolute Gasteiger partial charge is 0.310 e. The monoisotopic (exact) mass is 703 g/mol. The van der Waals surface area contributed by atoms with Crippen LogP contribution in [-0.4, -0.2) is 0 Å². The van der Waals surface area contributed by atoms with E-state index < -0.39 is 0 Å². The van der Waals surface area contributed by atoms with E-state index in [4.69, 9.17) is 0 Å². The van der Waals surface area contributed by atoms with Crippen molar-refractivity contribution in [2.24, 2.45) is 0 Å². The molecule has 0 aliphatic heterocycles. The first-order valence-electron chi connectivity index (χ1n) is 17.6. The van der Waals surface area contributed by atoms with E-state index in [9.17, 15) is 4.39 Å². The maximum absolute atomic E-state index is 14.3. The van der Waals surface area contributed by atoms with Crippen molar-refractivity contribution >= 4 is 82.7 Å². The molecule has 0 atom stereocenters. The highest BCUT2D eigenvalue weighted by Crippen LogP contribution is 2.50. The second-order valence-corrected chi connectivity index (χ2v) is 13.9. The minimum absolute atomic E-state index is 0.266. The van der Waals surface area contributed by atoms with Gasteiger partial charge in [-0.25, -0.2) is 4.39 Å². The Morgan fingerprint density at radius 1 is 0.321 bits per heavy atom. The predicted molar refractivity (Wildman–Crippen MR) is 223 cm³/mol. The van der Waals surface area contributed by atoms with Gasteiger partial charge >= 0.3 is 0 Å². The van der Waals surface area contributed by atoms with Crippen molar-refractivity contribution in [2.75, 3.05) is 14.7 Å². The van der Waals surface area contributed by atoms with E-state index in [0.29, 0.717) is 0 Å². The van der Waals surface area contributed by atoms with Crippen LogP contribution in [0, 0.1) is 5.82 Å². The lowest BCUT2D eigenvalue weighted by molar-refractivity contribution is 0.628. The molecule has 9 aromatic rings. The highest BCUT2D eigenvalue weighted by atomic mass is 32.1. The Labute approximate surface area is 312 Å². The fourth-order valence-electron chi connectivity index (χ4n) is 7.10. The molecule has 0 radical (unpaired) electrons. The molecule has 3 nitrogen and oxygen atoms in total. The van der Waals surface area contributed by atoms with Gasteiger partial charge in [0.2, 0.25) is 0 Å². The summed E-state index contributed by atoms with van der Waals surface area (Å²) in [4.78, 5) is 6.87. The number of fused-ring (bicyclic) bond motifs is 3. The highest BCUT2D eigenvalue weighted by Gasteiger charge is 2.24. The van der Waals surface area contributed by atoms with Gasteiger partial charge < -0.3 is 14.7 Å². The normalized spacial score (nSPS) is 11.1. The SMILES string of the molecule is Fc1ccc(N(c2ccccc2)c2cc(N(c3ccccc3)c3ccccc3)c3c(c2)sc2ccc(N(c4ccccc4)c4ccccc4)cc23)cc1. The van der Waals surface area contributed by atoms with Crippen LogP contribution in [0.3, 0.4) is 0 Å². The van der Waals surface area contributed by atoms with Crippen molar-refractivity contribution < 1.29 is 4.39 Å². The summed E-state index contributed by atoms with van der Waals surface area (Å²) in [6, 6.07) is 70.5. The molecule has 254 valence electrons. The van der Waals surface area contributed by atoms with Crippen molar-refractivity contribution in [1.29, 1.82) is 0 Å². The van der Waals surface area contributed by atoms with E-state index >= 15 is 0 Å². The van der Waals surface area contributed by atoms with Gasteiger partial charge in [-0.05, 0) is 115 Å². The number of benzene rings is 8. The summed E-state index contributed by atoms with van der Waals surface area (Å²) >= 11 is 1.79. The van der Waals surface area contributed by atoms with E-state index in [0.717, 1.165) is 61.3 Å². The van der Waals surface area contributed by atoms with Gasteiger partial charge in [-0.15, -0.1) is 11.3 Å². The Morgan fingerprint density at radius 2 is 0.717 bits per heavy atom. The Bertz CT molecular complexity index is 2530. The van der Waals surface area contributed by atoms with Crippen LogP contribution < -0.4 is 14.7 Å². The zero-order valence-corrected chi connectivity index (χ0v) is 29.6. The lowest BCUT2D eigenvalue weighted by atomic mass is 10.0. The fraction of sp³-hybridized carbons (Fsp3) is 0. The van der Waals surface area contributed by atoms with Gasteiger partial charge in [0.1, 0.15) is 5.82 Å². The Morgan fingerprint density at radius 3 is 1.19 bits per heavy atom. The van der Waals surface area contributed by atoms with E-state index in [1.54, 1.807) is 11.3 Å². The van der Waals surface area contributed by atoms with Crippen LogP contribution in [0.15, 0.2) is 206 Å². The van der Waals surface area contributed by atoms with Crippen LogP contribution in [-0.2, 0) is 0 Å². The molecule has 0 unspecified atom stereocenters. The lowest BCUT2D eigenvalue weighted by Crippen LogP contribution is -2.13. The quantitative estimate of drug-likeness (QED) is 0.148. The lowest BCUT2D eigenvalue weighted by Gasteiger charge is -2.30. The molecule has 53 heavy (non-hydrogen) atoms. The van der Waals surface area contributed by atoms with Gasteiger partial charge in [-0.1, -0.05) is 91.0 Å². The third-order valence-electron chi connectivity index (χ3n) is 9.43. The molecule has 0 N–H and O–H groups in total. The second kappa shape index (κ2) is 14.1. The van der Waals surface area contributed by atoms with Crippen LogP contribution >= 0.6 is 11.3 Å². The molecule has 0 aliphatic carbocycles. The molecule has 9 rings (SSSR count). The second-order valence-electron chi connectivity index (χ2n) is 12.8. The van der Waals surface area contributed by atoms with Gasteiger partial charge in [-0.3, -0.25) is 0 Å². The number of nitrogens with zero attached hydrogens (tertiary/aromatic N) is 3. The maximum Gasteiger partial charge on any atom is 0.123 e. The van der Waals surface area contributed by atoms with E-state index in [-0.39, 0.29) is 5.82 Å². The van der Waals surface area contributed by atoms with Crippen molar-refractivity contribution in [3.8, 4) is 0 Å². The van der Waals surface area contributed by atoms with Gasteiger partial charge in [-0.2, -0.15) is 0 Å². The summed E-state index contributed by atoms with van der Waals surface area (Å²) in [6.07, 6.45) is 0. The Hall–Kier alpha value is -6.69. The van der Waals surface area contributed by atoms with Crippen molar-refractivity contribution in [3.05, 3.63) is 212 Å². The molecule has 0 saturated carbocycles. The Balaban J connectivity index is 1.34. The zero-order chi connectivity index (χ0) is 35.6. The summed E-state index contributed by atoms with van der Waals surface area (Å²) in [5, 5.41) is 2.34. The average molecular weight is 704 g/mol. The number of rotatable bonds is 9. The number of para-hydroxylation sites is 5. The molecule has 5 heteroatoms. The third-order valence-corrected chi connectivity index (χ3v) is 10.6. The van der Waals surface area contributed by atoms with Gasteiger partial charge in [0.25, 0.3) is 0 Å². The van der Waals surface area contributed by atoms with Gasteiger partial charge in [0, 0.05) is 65.7 Å². The molecule has 0 fully saturated rings. The van der Waals surface area contributed by atoms with E-state index in [2.05, 4.69) is 178 Å². The maximum atomic E-state index is 14.3. The minimum Gasteiger partial charge on any atom is -0.310 e. The molecule has 1 heterocycles. The van der Waals surface area contributed by atoms with Gasteiger partial charge in [0.05, 0.1) is 5.69 Å². The molecule has 8 aromatic carbocycles. The number of hydrogen-bond acceptors (Lipinski definition) is 4. The standard InChI is InChI=1S/C48H34FN3S/c49-35-26-28-41(29-27-35)51(38-20-10-3-11-21-38)43-33-45(52(39-22-12-4-13-23-39)40-24-14-5-15-25-40)48-44-32-42(30-31-46(44)53-47(48)34-43)50(36-16-6-1-7-17-36)37-18-8-2-9-19-37/h1-34H. The number of thiophene rings is 1. The first-order valence-corrected chi connectivity index (χ1v) is 18.4. The molecule has 1 aromatic heterocycles. The number of halogens is 1. The first-order chi connectivity index (χ1) is 26.2. The molecule has 0 bridgehead atoms. The van der Waals surface area contributed by atoms with Crippen LogP contribution in [0.25, 0.3) is 20.2 Å². The topological polar surface area (TPSA) is 9.72 Å². The zero-order valence-electron chi connectivity index (χ0n) is 28.8. The summed E-state index contributed by atoms with van der Waals surface area (Å²) in [5.74, 6) is -0.266. The van der Waals surface area contributed by atoms with Crippen LogP contribution in [0.2, 0.25) is 0 Å². The van der Waals surface area contributed by atoms with Gasteiger partial charge in [0.15, 0.2) is 0 Å². The molecule has 0 aliphatic rings. The average Bonchev–Trinajstić information content (AvgIpc) is 3.59. The van der Waals surface area contributed by atoms with Crippen LogP contribution in [0.5, 0.6) is 0 Å². The van der Waals surface area contributed by atoms with Crippen molar-refractivity contribution in [3.63, 3.8) is 0 Å². The number of hydrogen-bond donors (Lipinski definition) is 0.